The SMILES string of the molecule is Nc1nc(COC(=O)c2ccc([N+](=O)[O-])cc2F)nc2ccccc12. The molecular formula is C16H11FN4O4. The minimum Gasteiger partial charge on any atom is -0.454 e. The topological polar surface area (TPSA) is 121 Å². The minimum atomic E-state index is -1.04. The van der Waals surface area contributed by atoms with Crippen LogP contribution in [0, 0.1) is 15.9 Å². The van der Waals surface area contributed by atoms with Gasteiger partial charge in [0, 0.05) is 11.5 Å². The second-order valence-corrected chi connectivity index (χ2v) is 5.04. The Labute approximate surface area is 140 Å². The maximum absolute atomic E-state index is 13.8. The number of nitrogen functional groups attached to an aromatic ring is 1. The van der Waals surface area contributed by atoms with Crippen LogP contribution in [0.2, 0.25) is 0 Å². The van der Waals surface area contributed by atoms with Crippen molar-refractivity contribution in [2.45, 2.75) is 6.61 Å². The van der Waals surface area contributed by atoms with Crippen LogP contribution in [0.3, 0.4) is 0 Å². The molecule has 0 aliphatic heterocycles. The van der Waals surface area contributed by atoms with Gasteiger partial charge in [0.2, 0.25) is 0 Å². The smallest absolute Gasteiger partial charge is 0.341 e. The maximum Gasteiger partial charge on any atom is 0.341 e. The molecular weight excluding hydrogens is 331 g/mol. The third kappa shape index (κ3) is 3.34. The number of hydrogen-bond donors (Lipinski definition) is 1. The molecule has 3 rings (SSSR count). The largest absolute Gasteiger partial charge is 0.454 e. The number of para-hydroxylation sites is 1. The molecule has 2 aromatic carbocycles. The minimum absolute atomic E-state index is 0.159. The van der Waals surface area contributed by atoms with Gasteiger partial charge in [0.15, 0.2) is 12.4 Å². The summed E-state index contributed by atoms with van der Waals surface area (Å²) in [5, 5.41) is 11.2. The molecule has 0 spiro atoms. The van der Waals surface area contributed by atoms with Crippen molar-refractivity contribution in [1.82, 2.24) is 9.97 Å². The number of hydrogen-bond acceptors (Lipinski definition) is 7. The Kier molecular flexibility index (Phi) is 4.21. The molecule has 25 heavy (non-hydrogen) atoms. The monoisotopic (exact) mass is 342 g/mol. The number of nitrogens with two attached hydrogens (primary N) is 1. The van der Waals surface area contributed by atoms with Gasteiger partial charge in [-0.2, -0.15) is 0 Å². The number of non-ortho nitro benzene ring substituents is 1. The molecule has 0 saturated heterocycles. The molecule has 1 aromatic heterocycles. The van der Waals surface area contributed by atoms with Gasteiger partial charge >= 0.3 is 5.97 Å². The fraction of sp³-hybridized carbons (Fsp3) is 0.0625. The van der Waals surface area contributed by atoms with Crippen LogP contribution < -0.4 is 5.73 Å². The molecule has 126 valence electrons. The summed E-state index contributed by atoms with van der Waals surface area (Å²) in [7, 11) is 0. The van der Waals surface area contributed by atoms with Crippen molar-refractivity contribution in [2.75, 3.05) is 5.73 Å². The lowest BCUT2D eigenvalue weighted by atomic mass is 10.2. The van der Waals surface area contributed by atoms with Gasteiger partial charge in [0.05, 0.1) is 22.1 Å². The Bertz CT molecular complexity index is 993. The first-order valence-corrected chi connectivity index (χ1v) is 7.08. The van der Waals surface area contributed by atoms with E-state index < -0.39 is 28.0 Å². The summed E-state index contributed by atoms with van der Waals surface area (Å²) >= 11 is 0. The molecule has 0 unspecified atom stereocenters. The number of fused-ring (bicyclic) bond motifs is 1. The normalized spacial score (nSPS) is 10.6. The standard InChI is InChI=1S/C16H11FN4O4/c17-12-7-9(21(23)24)5-6-10(12)16(22)25-8-14-19-13-4-2-1-3-11(13)15(18)20-14/h1-7H,8H2,(H2,18,19,20). The number of ether oxygens (including phenoxy) is 1. The van der Waals surface area contributed by atoms with Crippen molar-refractivity contribution in [3.05, 3.63) is 69.8 Å². The predicted octanol–water partition coefficient (Wildman–Crippen LogP) is 2.62. The second-order valence-electron chi connectivity index (χ2n) is 5.04. The highest BCUT2D eigenvalue weighted by Crippen LogP contribution is 2.19. The molecule has 0 amide bonds. The highest BCUT2D eigenvalue weighted by Gasteiger charge is 2.18. The predicted molar refractivity (Wildman–Crippen MR) is 86.1 cm³/mol. The van der Waals surface area contributed by atoms with Crippen LogP contribution in [0.5, 0.6) is 0 Å². The van der Waals surface area contributed by atoms with E-state index in [2.05, 4.69) is 9.97 Å². The molecule has 0 aliphatic carbocycles. The lowest BCUT2D eigenvalue weighted by molar-refractivity contribution is -0.385. The Morgan fingerprint density at radius 2 is 2.00 bits per heavy atom. The van der Waals surface area contributed by atoms with Gasteiger partial charge in [-0.3, -0.25) is 10.1 Å². The second kappa shape index (κ2) is 6.48. The van der Waals surface area contributed by atoms with Gasteiger partial charge in [-0.1, -0.05) is 12.1 Å². The first-order valence-electron chi connectivity index (χ1n) is 7.08. The summed E-state index contributed by atoms with van der Waals surface area (Å²) in [4.78, 5) is 30.0. The summed E-state index contributed by atoms with van der Waals surface area (Å²) in [5.74, 6) is -1.63. The van der Waals surface area contributed by atoms with Crippen molar-refractivity contribution in [3.63, 3.8) is 0 Å². The number of esters is 1. The Morgan fingerprint density at radius 3 is 2.72 bits per heavy atom. The van der Waals surface area contributed by atoms with E-state index in [1.807, 2.05) is 0 Å². The summed E-state index contributed by atoms with van der Waals surface area (Å²) < 4.78 is 18.8. The van der Waals surface area contributed by atoms with E-state index in [9.17, 15) is 19.3 Å². The molecule has 8 nitrogen and oxygen atoms in total. The number of carbonyl (C=O) groups excluding carboxylic acids is 1. The Balaban J connectivity index is 1.77. The van der Waals surface area contributed by atoms with Crippen molar-refractivity contribution in [1.29, 1.82) is 0 Å². The molecule has 0 aliphatic rings. The quantitative estimate of drug-likeness (QED) is 0.439. The van der Waals surface area contributed by atoms with Crippen molar-refractivity contribution >= 4 is 28.4 Å². The van der Waals surface area contributed by atoms with E-state index in [-0.39, 0.29) is 18.2 Å². The molecule has 3 aromatic rings. The van der Waals surface area contributed by atoms with Crippen LogP contribution in [0.25, 0.3) is 10.9 Å². The molecule has 0 fully saturated rings. The van der Waals surface area contributed by atoms with Gasteiger partial charge in [-0.15, -0.1) is 0 Å². The third-order valence-corrected chi connectivity index (χ3v) is 3.39. The summed E-state index contributed by atoms with van der Waals surface area (Å²) in [6, 6.07) is 9.72. The zero-order valence-electron chi connectivity index (χ0n) is 12.7. The lowest BCUT2D eigenvalue weighted by Gasteiger charge is -2.07. The van der Waals surface area contributed by atoms with Crippen LogP contribution in [0.15, 0.2) is 42.5 Å². The molecule has 0 radical (unpaired) electrons. The lowest BCUT2D eigenvalue weighted by Crippen LogP contribution is -2.10. The maximum atomic E-state index is 13.8. The number of carbonyl (C=O) groups is 1. The zero-order valence-corrected chi connectivity index (χ0v) is 12.7. The van der Waals surface area contributed by atoms with Crippen molar-refractivity contribution < 1.29 is 18.8 Å². The van der Waals surface area contributed by atoms with E-state index in [0.29, 0.717) is 17.0 Å². The first-order chi connectivity index (χ1) is 12.0. The number of halogens is 1. The van der Waals surface area contributed by atoms with Gasteiger partial charge < -0.3 is 10.5 Å². The summed E-state index contributed by atoms with van der Waals surface area (Å²) in [6.07, 6.45) is 0. The van der Waals surface area contributed by atoms with Crippen LogP contribution in [0.4, 0.5) is 15.9 Å². The summed E-state index contributed by atoms with van der Waals surface area (Å²) in [5.41, 5.74) is 5.54. The molecule has 1 heterocycles. The fourth-order valence-corrected chi connectivity index (χ4v) is 2.21. The van der Waals surface area contributed by atoms with E-state index in [1.165, 1.54) is 0 Å². The zero-order chi connectivity index (χ0) is 18.0. The van der Waals surface area contributed by atoms with E-state index >= 15 is 0 Å². The molecule has 9 heteroatoms. The highest BCUT2D eigenvalue weighted by molar-refractivity contribution is 5.90. The number of nitro groups is 1. The summed E-state index contributed by atoms with van der Waals surface area (Å²) in [6.45, 7) is -0.315. The van der Waals surface area contributed by atoms with Crippen molar-refractivity contribution in [2.24, 2.45) is 0 Å². The third-order valence-electron chi connectivity index (χ3n) is 3.39. The molecule has 0 bridgehead atoms. The highest BCUT2D eigenvalue weighted by atomic mass is 19.1. The van der Waals surface area contributed by atoms with Crippen LogP contribution in [-0.4, -0.2) is 20.9 Å². The van der Waals surface area contributed by atoms with E-state index in [0.717, 1.165) is 12.1 Å². The first kappa shape index (κ1) is 16.2. The average molecular weight is 342 g/mol. The fourth-order valence-electron chi connectivity index (χ4n) is 2.21. The number of nitro benzene ring substituents is 1. The number of nitrogens with zero attached hydrogens (tertiary/aromatic N) is 3. The Hall–Kier alpha value is -3.62. The van der Waals surface area contributed by atoms with E-state index in [1.54, 1.807) is 24.3 Å². The van der Waals surface area contributed by atoms with Gasteiger partial charge in [0.25, 0.3) is 5.69 Å². The number of anilines is 1. The van der Waals surface area contributed by atoms with Gasteiger partial charge in [-0.05, 0) is 18.2 Å². The van der Waals surface area contributed by atoms with Crippen LogP contribution in [0.1, 0.15) is 16.2 Å². The number of benzene rings is 2. The average Bonchev–Trinajstić information content (AvgIpc) is 2.59. The molecule has 2 N–H and O–H groups in total. The Morgan fingerprint density at radius 1 is 1.24 bits per heavy atom. The molecule has 0 atom stereocenters. The van der Waals surface area contributed by atoms with Gasteiger partial charge in [0.1, 0.15) is 11.6 Å². The molecule has 0 saturated carbocycles. The van der Waals surface area contributed by atoms with Gasteiger partial charge in [-0.25, -0.2) is 19.2 Å². The van der Waals surface area contributed by atoms with E-state index in [4.69, 9.17) is 10.5 Å². The van der Waals surface area contributed by atoms with Crippen LogP contribution >= 0.6 is 0 Å². The van der Waals surface area contributed by atoms with Crippen LogP contribution in [-0.2, 0) is 11.3 Å². The number of aromatic nitrogens is 2. The number of rotatable bonds is 4. The van der Waals surface area contributed by atoms with Crippen molar-refractivity contribution in [3.8, 4) is 0 Å².